The smallest absolute Gasteiger partial charge is 0.431 e. The summed E-state index contributed by atoms with van der Waals surface area (Å²) in [4.78, 5) is 49.1. The minimum Gasteiger partial charge on any atom is -0.442 e. The maximum absolute atomic E-state index is 11.3. The maximum atomic E-state index is 11.3. The summed E-state index contributed by atoms with van der Waals surface area (Å²) in [6.07, 6.45) is -0.564. The highest BCUT2D eigenvalue weighted by Crippen LogP contribution is 2.06. The number of ether oxygens (including phenoxy) is 1. The Morgan fingerprint density at radius 1 is 1.05 bits per heavy atom. The van der Waals surface area contributed by atoms with E-state index in [0.717, 1.165) is 0 Å². The van der Waals surface area contributed by atoms with E-state index < -0.39 is 24.2 Å². The van der Waals surface area contributed by atoms with E-state index in [9.17, 15) is 19.2 Å². The molecule has 8 heteroatoms. The predicted molar refractivity (Wildman–Crippen MR) is 73.3 cm³/mol. The van der Waals surface area contributed by atoms with Gasteiger partial charge < -0.3 is 14.8 Å². The maximum Gasteiger partial charge on any atom is 0.431 e. The van der Waals surface area contributed by atoms with Crippen molar-refractivity contribution in [1.29, 1.82) is 0 Å². The first-order chi connectivity index (χ1) is 9.60. The summed E-state index contributed by atoms with van der Waals surface area (Å²) in [5, 5.41) is 2.31. The molecule has 8 nitrogen and oxygen atoms in total. The molecular weight excluding hydrogens is 280 g/mol. The van der Waals surface area contributed by atoms with E-state index >= 15 is 0 Å². The molecule has 0 unspecified atom stereocenters. The quantitative estimate of drug-likeness (QED) is 0.632. The van der Waals surface area contributed by atoms with Gasteiger partial charge in [0.1, 0.15) is 11.4 Å². The minimum atomic E-state index is -0.812. The Labute approximate surface area is 123 Å². The second-order valence-corrected chi connectivity index (χ2v) is 5.41. The van der Waals surface area contributed by atoms with Crippen LogP contribution in [-0.2, 0) is 24.0 Å². The molecule has 0 bridgehead atoms. The number of ketones is 2. The lowest BCUT2D eigenvalue weighted by atomic mass is 10.2. The molecule has 0 aromatic heterocycles. The van der Waals surface area contributed by atoms with Gasteiger partial charge in [-0.25, -0.2) is 4.79 Å². The first-order valence-corrected chi connectivity index (χ1v) is 6.49. The molecule has 21 heavy (non-hydrogen) atoms. The van der Waals surface area contributed by atoms with Crippen LogP contribution in [0.2, 0.25) is 0 Å². The van der Waals surface area contributed by atoms with Crippen molar-refractivity contribution in [2.75, 3.05) is 13.2 Å². The number of Topliss-reactive ketones (excluding diaryl/α,β-unsaturated/α-hetero) is 2. The molecule has 0 aliphatic carbocycles. The van der Waals surface area contributed by atoms with E-state index in [-0.39, 0.29) is 31.0 Å². The van der Waals surface area contributed by atoms with Crippen LogP contribution in [0.15, 0.2) is 0 Å². The average molecular weight is 302 g/mol. The third kappa shape index (κ3) is 12.8. The van der Waals surface area contributed by atoms with Gasteiger partial charge >= 0.3 is 6.09 Å². The van der Waals surface area contributed by atoms with Gasteiger partial charge in [-0.15, -0.1) is 0 Å². The summed E-state index contributed by atoms with van der Waals surface area (Å²) in [5.41, 5.74) is 1.28. The zero-order valence-corrected chi connectivity index (χ0v) is 12.8. The van der Waals surface area contributed by atoms with Crippen molar-refractivity contribution >= 4 is 23.6 Å². The normalized spacial score (nSPS) is 10.7. The van der Waals surface area contributed by atoms with Crippen molar-refractivity contribution in [1.82, 2.24) is 10.8 Å². The third-order valence-corrected chi connectivity index (χ3v) is 2.00. The van der Waals surface area contributed by atoms with E-state index in [1.54, 1.807) is 20.8 Å². The second-order valence-electron chi connectivity index (χ2n) is 5.41. The van der Waals surface area contributed by atoms with Crippen LogP contribution in [0, 0.1) is 0 Å². The standard InChI is InChI=1S/C13H22N2O6/c1-9(16)5-6-10(17)7-14-11(18)8-20-15-12(19)21-13(2,3)4/h5-8H2,1-4H3,(H,14,18)(H,15,19). The van der Waals surface area contributed by atoms with Crippen LogP contribution in [0.4, 0.5) is 4.79 Å². The molecule has 0 spiro atoms. The Morgan fingerprint density at radius 2 is 1.67 bits per heavy atom. The fourth-order valence-corrected chi connectivity index (χ4v) is 1.11. The van der Waals surface area contributed by atoms with Crippen LogP contribution in [0.5, 0.6) is 0 Å². The van der Waals surface area contributed by atoms with Gasteiger partial charge in [-0.05, 0) is 27.7 Å². The molecule has 120 valence electrons. The topological polar surface area (TPSA) is 111 Å². The van der Waals surface area contributed by atoms with Crippen LogP contribution in [0.25, 0.3) is 0 Å². The molecule has 0 heterocycles. The van der Waals surface area contributed by atoms with E-state index in [4.69, 9.17) is 4.74 Å². The summed E-state index contributed by atoms with van der Waals surface area (Å²) >= 11 is 0. The number of hydroxylamine groups is 1. The van der Waals surface area contributed by atoms with Gasteiger partial charge in [0.25, 0.3) is 0 Å². The number of rotatable bonds is 8. The van der Waals surface area contributed by atoms with Crippen LogP contribution >= 0.6 is 0 Å². The molecule has 0 aliphatic heterocycles. The molecule has 0 aliphatic rings. The number of carbonyl (C=O) groups is 4. The summed E-state index contributed by atoms with van der Waals surface area (Å²) in [6, 6.07) is 0. The molecule has 0 radical (unpaired) electrons. The molecule has 0 aromatic rings. The molecule has 0 aromatic carbocycles. The third-order valence-electron chi connectivity index (χ3n) is 2.00. The number of nitrogens with one attached hydrogen (secondary N) is 2. The van der Waals surface area contributed by atoms with Gasteiger partial charge in [0.15, 0.2) is 12.4 Å². The molecule has 0 saturated carbocycles. The van der Waals surface area contributed by atoms with E-state index in [1.807, 2.05) is 5.48 Å². The van der Waals surface area contributed by atoms with Crippen molar-refractivity contribution in [3.63, 3.8) is 0 Å². The zero-order chi connectivity index (χ0) is 16.5. The van der Waals surface area contributed by atoms with Crippen LogP contribution < -0.4 is 10.8 Å². The lowest BCUT2D eigenvalue weighted by Gasteiger charge is -2.19. The average Bonchev–Trinajstić information content (AvgIpc) is 2.31. The number of amides is 2. The molecule has 2 amide bonds. The van der Waals surface area contributed by atoms with Gasteiger partial charge in [0.2, 0.25) is 5.91 Å². The van der Waals surface area contributed by atoms with Crippen molar-refractivity contribution in [3.8, 4) is 0 Å². The minimum absolute atomic E-state index is 0.0837. The summed E-state index contributed by atoms with van der Waals surface area (Å²) in [6.45, 7) is 5.83. The SMILES string of the molecule is CC(=O)CCC(=O)CNC(=O)CONC(=O)OC(C)(C)C. The van der Waals surface area contributed by atoms with Gasteiger partial charge in [0, 0.05) is 12.8 Å². The fraction of sp³-hybridized carbons (Fsp3) is 0.692. The molecule has 0 saturated heterocycles. The summed E-state index contributed by atoms with van der Waals surface area (Å²) in [5.74, 6) is -0.902. The Bertz CT molecular complexity index is 400. The highest BCUT2D eigenvalue weighted by atomic mass is 16.7. The van der Waals surface area contributed by atoms with Crippen molar-refractivity contribution in [2.24, 2.45) is 0 Å². The highest BCUT2D eigenvalue weighted by molar-refractivity contribution is 5.89. The van der Waals surface area contributed by atoms with Crippen LogP contribution in [-0.4, -0.2) is 42.3 Å². The summed E-state index contributed by atoms with van der Waals surface area (Å²) < 4.78 is 4.88. The highest BCUT2D eigenvalue weighted by Gasteiger charge is 2.16. The van der Waals surface area contributed by atoms with Gasteiger partial charge in [-0.1, -0.05) is 0 Å². The first-order valence-electron chi connectivity index (χ1n) is 6.49. The predicted octanol–water partition coefficient (Wildman–Crippen LogP) is 0.497. The number of carbonyl (C=O) groups excluding carboxylic acids is 4. The van der Waals surface area contributed by atoms with Crippen molar-refractivity contribution in [2.45, 2.75) is 46.1 Å². The monoisotopic (exact) mass is 302 g/mol. The van der Waals surface area contributed by atoms with Gasteiger partial charge in [-0.3, -0.25) is 14.4 Å². The molecular formula is C13H22N2O6. The van der Waals surface area contributed by atoms with Crippen molar-refractivity contribution < 1.29 is 28.8 Å². The number of hydrogen-bond donors (Lipinski definition) is 2. The largest absolute Gasteiger partial charge is 0.442 e. The zero-order valence-electron chi connectivity index (χ0n) is 12.8. The Balaban J connectivity index is 3.74. The molecule has 0 fully saturated rings. The Kier molecular flexibility index (Phi) is 8.22. The molecule has 2 N–H and O–H groups in total. The first kappa shape index (κ1) is 19.0. The molecule has 0 atom stereocenters. The van der Waals surface area contributed by atoms with E-state index in [2.05, 4.69) is 10.2 Å². The number of hydrogen-bond acceptors (Lipinski definition) is 6. The van der Waals surface area contributed by atoms with E-state index in [0.29, 0.717) is 0 Å². The lowest BCUT2D eigenvalue weighted by Crippen LogP contribution is -2.37. The Morgan fingerprint density at radius 3 is 2.19 bits per heavy atom. The van der Waals surface area contributed by atoms with Crippen LogP contribution in [0.1, 0.15) is 40.5 Å². The molecule has 0 rings (SSSR count). The van der Waals surface area contributed by atoms with Crippen LogP contribution in [0.3, 0.4) is 0 Å². The van der Waals surface area contributed by atoms with E-state index in [1.165, 1.54) is 6.92 Å². The fourth-order valence-electron chi connectivity index (χ4n) is 1.11. The Hall–Kier alpha value is -1.96. The van der Waals surface area contributed by atoms with Crippen molar-refractivity contribution in [3.05, 3.63) is 0 Å². The second kappa shape index (κ2) is 9.06. The summed E-state index contributed by atoms with van der Waals surface area (Å²) in [7, 11) is 0. The van der Waals surface area contributed by atoms with Gasteiger partial charge in [0.05, 0.1) is 6.54 Å². The van der Waals surface area contributed by atoms with Gasteiger partial charge in [-0.2, -0.15) is 5.48 Å². The lowest BCUT2D eigenvalue weighted by molar-refractivity contribution is -0.130.